The molecule has 0 spiro atoms. The van der Waals surface area contributed by atoms with E-state index in [0.717, 1.165) is 34.1 Å². The number of ketones is 2. The summed E-state index contributed by atoms with van der Waals surface area (Å²) >= 11 is 0. The van der Waals surface area contributed by atoms with Crippen molar-refractivity contribution in [3.8, 4) is 5.75 Å². The number of H-pyrrole nitrogens is 1. The number of aliphatic hydroxyl groups excluding tert-OH is 2. The summed E-state index contributed by atoms with van der Waals surface area (Å²) in [7, 11) is 1.82. The monoisotopic (exact) mass is 1210 g/mol. The molecular formula is C59H76N10O14S2. The molecule has 2 aliphatic rings. The number of Topliss-reactive ketones (excluding diaryl/α,β-unsaturated/α-hetero) is 2. The first-order chi connectivity index (χ1) is 40.3. The van der Waals surface area contributed by atoms with E-state index in [2.05, 4.69) is 47.2 Å². The number of nitrogens with one attached hydrogen (secondary N) is 8. The zero-order chi connectivity index (χ0) is 62.1. The average molecular weight is 1210 g/mol. The lowest BCUT2D eigenvalue weighted by atomic mass is 9.70. The molecule has 1 aliphatic carbocycles. The third-order valence-electron chi connectivity index (χ3n) is 14.6. The van der Waals surface area contributed by atoms with Crippen LogP contribution >= 0.6 is 21.6 Å². The van der Waals surface area contributed by atoms with Crippen molar-refractivity contribution in [1.29, 1.82) is 0 Å². The first-order valence-electron chi connectivity index (χ1n) is 28.0. The summed E-state index contributed by atoms with van der Waals surface area (Å²) in [6.07, 6.45) is -1.26. The number of hydrogen-bond acceptors (Lipinski definition) is 17. The highest BCUT2D eigenvalue weighted by Gasteiger charge is 2.41. The maximum absolute atomic E-state index is 15.0. The number of phenolic OH excluding ortho intramolecular Hbond substituents is 1. The van der Waals surface area contributed by atoms with Gasteiger partial charge in [0.15, 0.2) is 6.04 Å². The lowest BCUT2D eigenvalue weighted by molar-refractivity contribution is -0.145. The quantitative estimate of drug-likeness (QED) is 0.0270. The molecule has 2 heterocycles. The van der Waals surface area contributed by atoms with Crippen LogP contribution < -0.4 is 43.0 Å². The Morgan fingerprint density at radius 3 is 1.98 bits per heavy atom. The molecule has 0 radical (unpaired) electrons. The van der Waals surface area contributed by atoms with Crippen LogP contribution in [0.5, 0.6) is 5.75 Å². The van der Waals surface area contributed by atoms with Crippen molar-refractivity contribution in [1.82, 2.24) is 42.2 Å². The fraction of sp³-hybridized carbons (Fsp3) is 0.475. The van der Waals surface area contributed by atoms with Gasteiger partial charge in [0.2, 0.25) is 41.4 Å². The van der Waals surface area contributed by atoms with Gasteiger partial charge in [0.25, 0.3) is 0 Å². The molecule has 0 unspecified atom stereocenters. The van der Waals surface area contributed by atoms with Gasteiger partial charge < -0.3 is 68.4 Å². The number of aliphatic carboxylic acids is 1. The fourth-order valence-electron chi connectivity index (χ4n) is 9.96. The van der Waals surface area contributed by atoms with E-state index in [1.165, 1.54) is 31.2 Å². The van der Waals surface area contributed by atoms with Crippen molar-refractivity contribution in [2.75, 3.05) is 18.1 Å². The molecule has 7 amide bonds. The molecule has 10 atom stereocenters. The second kappa shape index (κ2) is 30.9. The van der Waals surface area contributed by atoms with Crippen LogP contribution in [0.25, 0.3) is 10.9 Å². The number of fused-ring (bicyclic) bond motifs is 1. The number of carboxylic acid groups (broad SMARTS) is 1. The smallest absolute Gasteiger partial charge is 0.328 e. The van der Waals surface area contributed by atoms with Crippen LogP contribution in [0.2, 0.25) is 0 Å². The third-order valence-corrected chi connectivity index (χ3v) is 17.0. The van der Waals surface area contributed by atoms with Crippen LogP contribution in [0, 0.1) is 11.3 Å². The van der Waals surface area contributed by atoms with Gasteiger partial charge in [0.1, 0.15) is 59.5 Å². The van der Waals surface area contributed by atoms with E-state index < -0.39 is 119 Å². The fourth-order valence-corrected chi connectivity index (χ4v) is 12.3. The highest BCUT2D eigenvalue weighted by atomic mass is 33.1. The molecule has 2 fully saturated rings. The molecule has 458 valence electrons. The van der Waals surface area contributed by atoms with Gasteiger partial charge in [0, 0.05) is 66.5 Å². The Kier molecular flexibility index (Phi) is 24.2. The number of nitrogens with zero attached hydrogens (tertiary/aromatic N) is 1. The van der Waals surface area contributed by atoms with Gasteiger partial charge in [-0.1, -0.05) is 96.1 Å². The van der Waals surface area contributed by atoms with Gasteiger partial charge in [-0.15, -0.1) is 0 Å². The summed E-state index contributed by atoms with van der Waals surface area (Å²) in [4.78, 5) is 147. The van der Waals surface area contributed by atoms with Gasteiger partial charge in [-0.05, 0) is 86.8 Å². The van der Waals surface area contributed by atoms with E-state index in [9.17, 15) is 63.6 Å². The first-order valence-corrected chi connectivity index (χ1v) is 30.4. The van der Waals surface area contributed by atoms with E-state index >= 15 is 4.79 Å². The molecular weight excluding hydrogens is 1140 g/mol. The van der Waals surface area contributed by atoms with E-state index in [1.54, 1.807) is 67.7 Å². The molecule has 4 aromatic rings. The normalized spacial score (nSPS) is 23.2. The summed E-state index contributed by atoms with van der Waals surface area (Å²) in [6, 6.07) is 9.36. The Balaban J connectivity index is 1.39. The predicted molar refractivity (Wildman–Crippen MR) is 320 cm³/mol. The molecule has 26 heteroatoms. The Bertz CT molecular complexity index is 3060. The van der Waals surface area contributed by atoms with Gasteiger partial charge in [-0.3, -0.25) is 48.1 Å². The Morgan fingerprint density at radius 1 is 0.729 bits per heavy atom. The zero-order valence-electron chi connectivity index (χ0n) is 47.9. The molecule has 1 aromatic heterocycles. The Labute approximate surface area is 499 Å². The topological polar surface area (TPSA) is 390 Å². The second-order valence-electron chi connectivity index (χ2n) is 22.3. The number of benzene rings is 3. The van der Waals surface area contributed by atoms with Crippen LogP contribution in [-0.4, -0.2) is 169 Å². The summed E-state index contributed by atoms with van der Waals surface area (Å²) in [5.41, 5.74) is 8.69. The number of aliphatic hydroxyl groups is 2. The minimum Gasteiger partial charge on any atom is -0.508 e. The van der Waals surface area contributed by atoms with E-state index in [1.807, 2.05) is 13.8 Å². The highest BCUT2D eigenvalue weighted by Crippen LogP contribution is 2.34. The predicted octanol–water partition coefficient (Wildman–Crippen LogP) is 1.07. The van der Waals surface area contributed by atoms with E-state index in [4.69, 9.17) is 5.73 Å². The van der Waals surface area contributed by atoms with Crippen molar-refractivity contribution in [3.05, 3.63) is 102 Å². The lowest BCUT2D eigenvalue weighted by Gasteiger charge is -2.31. The number of aromatic amines is 1. The molecule has 14 N–H and O–H groups in total. The molecule has 6 rings (SSSR count). The second-order valence-corrected chi connectivity index (χ2v) is 24.9. The average Bonchev–Trinajstić information content (AvgIpc) is 4.15. The molecule has 85 heavy (non-hydrogen) atoms. The van der Waals surface area contributed by atoms with Crippen molar-refractivity contribution in [3.63, 3.8) is 0 Å². The highest BCUT2D eigenvalue weighted by molar-refractivity contribution is 8.76. The number of aliphatic imine (C=N–C) groups is 1. The first kappa shape index (κ1) is 66.5. The maximum Gasteiger partial charge on any atom is 0.328 e. The number of phenols is 1. The van der Waals surface area contributed by atoms with Gasteiger partial charge in [-0.25, -0.2) is 4.79 Å². The van der Waals surface area contributed by atoms with Crippen LogP contribution in [-0.2, 0) is 67.2 Å². The Hall–Kier alpha value is -7.65. The molecule has 1 aliphatic heterocycles. The van der Waals surface area contributed by atoms with Crippen molar-refractivity contribution < 1.29 is 68.4 Å². The molecule has 0 bridgehead atoms. The number of carbonyl (C=O) groups excluding carboxylic acids is 9. The van der Waals surface area contributed by atoms with Crippen LogP contribution in [0.3, 0.4) is 0 Å². The number of para-hydroxylation sites is 1. The van der Waals surface area contributed by atoms with Crippen LogP contribution in [0.4, 0.5) is 0 Å². The molecule has 3 aromatic carbocycles. The maximum atomic E-state index is 15.0. The Morgan fingerprint density at radius 2 is 1.33 bits per heavy atom. The summed E-state index contributed by atoms with van der Waals surface area (Å²) in [5.74, 6) is -10.4. The van der Waals surface area contributed by atoms with E-state index in [0.29, 0.717) is 27.7 Å². The number of rotatable bonds is 19. The summed E-state index contributed by atoms with van der Waals surface area (Å²) in [5, 5.41) is 60.2. The van der Waals surface area contributed by atoms with E-state index in [-0.39, 0.29) is 86.7 Å². The number of hydrogen-bond donors (Lipinski definition) is 13. The lowest BCUT2D eigenvalue weighted by Crippen LogP contribution is -2.62. The standard InChI is InChI=1S/C59H76N10O14S2/c1-31(48-46(73)26-59(4,5)27-47(48)74)61-22-12-11-17-41-52(76)68-49(32(2)70)57(81)67-45(56(80)69-50(33(3)71)58(82)83)30-85-84-29-44(66-51(75)39(60)23-34-13-7-6-8-14-34)55(79)64-42(24-35-18-20-37(72)21-19-35)53(77)65-43(54(78)63-41)25-36-28-62-40-16-10-9-15-38(36)40/h6-10,13-16,18-21,28,32-33,39,41-45,48-50,62,70-72H,11-12,17,22-27,29-30,60H2,1-5H3,(H,63,78)(H,64,79)(H,65,77)(H,66,75)(H,67,81)(H,68,76)(H,69,80)(H,82,83)/t32-,33-,39-,41+,42+,43-,44+,45+,49+,50-/m1/s1. The number of unbranched alkanes of at least 4 members (excludes halogenated alkanes) is 1. The van der Waals surface area contributed by atoms with Crippen LogP contribution in [0.15, 0.2) is 90.1 Å². The van der Waals surface area contributed by atoms with Gasteiger partial charge in [0.05, 0.1) is 18.2 Å². The number of aromatic nitrogens is 1. The summed E-state index contributed by atoms with van der Waals surface area (Å²) in [6.45, 7) is 7.72. The number of carboxylic acids is 1. The number of carbonyl (C=O) groups is 10. The van der Waals surface area contributed by atoms with Crippen molar-refractivity contribution in [2.45, 2.75) is 147 Å². The molecule has 1 saturated carbocycles. The van der Waals surface area contributed by atoms with Gasteiger partial charge >= 0.3 is 5.97 Å². The minimum absolute atomic E-state index is 0.0729. The minimum atomic E-state index is -1.85. The van der Waals surface area contributed by atoms with Crippen LogP contribution in [0.1, 0.15) is 83.4 Å². The molecule has 24 nitrogen and oxygen atoms in total. The largest absolute Gasteiger partial charge is 0.508 e. The zero-order valence-corrected chi connectivity index (χ0v) is 49.6. The molecule has 1 saturated heterocycles. The van der Waals surface area contributed by atoms with Crippen molar-refractivity contribution >= 4 is 97.1 Å². The number of aromatic hydroxyl groups is 1. The number of amides is 7. The van der Waals surface area contributed by atoms with Gasteiger partial charge in [-0.2, -0.15) is 0 Å². The van der Waals surface area contributed by atoms with Crippen molar-refractivity contribution in [2.24, 2.45) is 22.1 Å². The summed E-state index contributed by atoms with van der Waals surface area (Å²) < 4.78 is 0. The third kappa shape index (κ3) is 19.4. The SMILES string of the molecule is CC(=NCCCC[C@@H]1NC(=O)[C@@H](Cc2c[nH]c3ccccc23)NC(=O)[C@H](Cc2ccc(O)cc2)NC(=O)[C@@H](NC(=O)[C@H](N)Cc2ccccc2)CSSC[C@@H](C(=O)N[C@@H](C(=O)O)[C@@H](C)O)NC(=O)[C@H]([C@@H](C)O)NC1=O)C1C(=O)CC(C)(C)CC1=O. The number of nitrogens with two attached hydrogens (primary N) is 1.